The van der Waals surface area contributed by atoms with Gasteiger partial charge in [-0.15, -0.1) is 11.8 Å². The van der Waals surface area contributed by atoms with E-state index in [9.17, 15) is 9.59 Å². The van der Waals surface area contributed by atoms with E-state index in [-0.39, 0.29) is 35.2 Å². The fourth-order valence-corrected chi connectivity index (χ4v) is 5.13. The highest BCUT2D eigenvalue weighted by Gasteiger charge is 2.43. The van der Waals surface area contributed by atoms with Crippen LogP contribution in [-0.2, 0) is 9.59 Å². The molecule has 1 saturated heterocycles. The summed E-state index contributed by atoms with van der Waals surface area (Å²) in [4.78, 5) is 27.6. The van der Waals surface area contributed by atoms with Crippen molar-refractivity contribution in [3.63, 3.8) is 0 Å². The lowest BCUT2D eigenvalue weighted by Gasteiger charge is -2.32. The molecule has 25 heavy (non-hydrogen) atoms. The molecule has 0 radical (unpaired) electrons. The van der Waals surface area contributed by atoms with Crippen LogP contribution >= 0.6 is 11.8 Å². The minimum absolute atomic E-state index is 0.0202. The quantitative estimate of drug-likeness (QED) is 0.890. The second-order valence-electron chi connectivity index (χ2n) is 7.36. The molecule has 0 aromatic heterocycles. The van der Waals surface area contributed by atoms with E-state index in [1.165, 1.54) is 19.3 Å². The predicted molar refractivity (Wildman–Crippen MR) is 102 cm³/mol. The average molecular weight is 361 g/mol. The molecular weight excluding hydrogens is 332 g/mol. The molecule has 1 heterocycles. The van der Waals surface area contributed by atoms with Gasteiger partial charge in [-0.1, -0.05) is 63.4 Å². The number of nitrogens with one attached hydrogen (secondary N) is 1. The van der Waals surface area contributed by atoms with Gasteiger partial charge in [0.15, 0.2) is 0 Å². The highest BCUT2D eigenvalue weighted by atomic mass is 32.2. The SMILES string of the molecule is CC(C)C(=O)N1C(C(=O)NC2CCCCC2)CSC1c1ccccc1. The second kappa shape index (κ2) is 8.26. The minimum atomic E-state index is -0.368. The lowest BCUT2D eigenvalue weighted by Crippen LogP contribution is -2.51. The van der Waals surface area contributed by atoms with Gasteiger partial charge in [0.1, 0.15) is 11.4 Å². The summed E-state index contributed by atoms with van der Waals surface area (Å²) in [5.74, 6) is 0.626. The van der Waals surface area contributed by atoms with E-state index in [0.29, 0.717) is 5.75 Å². The van der Waals surface area contributed by atoms with E-state index in [4.69, 9.17) is 0 Å². The molecule has 1 N–H and O–H groups in total. The molecule has 1 aliphatic heterocycles. The summed E-state index contributed by atoms with van der Waals surface area (Å²) in [6, 6.07) is 9.95. The summed E-state index contributed by atoms with van der Waals surface area (Å²) in [5, 5.41) is 3.14. The van der Waals surface area contributed by atoms with Gasteiger partial charge in [0.05, 0.1) is 0 Å². The van der Waals surface area contributed by atoms with Crippen molar-refractivity contribution in [2.75, 3.05) is 5.75 Å². The molecule has 3 rings (SSSR count). The Bertz CT molecular complexity index is 599. The van der Waals surface area contributed by atoms with Gasteiger partial charge in [0.2, 0.25) is 11.8 Å². The van der Waals surface area contributed by atoms with Gasteiger partial charge in [0.25, 0.3) is 0 Å². The Labute approximate surface area is 154 Å². The van der Waals surface area contributed by atoms with Gasteiger partial charge in [-0.25, -0.2) is 0 Å². The zero-order valence-electron chi connectivity index (χ0n) is 15.1. The van der Waals surface area contributed by atoms with E-state index in [1.54, 1.807) is 11.8 Å². The first kappa shape index (κ1) is 18.3. The molecule has 0 spiro atoms. The smallest absolute Gasteiger partial charge is 0.243 e. The van der Waals surface area contributed by atoms with Gasteiger partial charge in [-0.05, 0) is 18.4 Å². The molecule has 1 aromatic rings. The van der Waals surface area contributed by atoms with E-state index < -0.39 is 0 Å². The van der Waals surface area contributed by atoms with Crippen molar-refractivity contribution in [3.8, 4) is 0 Å². The molecule has 136 valence electrons. The fraction of sp³-hybridized carbons (Fsp3) is 0.600. The lowest BCUT2D eigenvalue weighted by atomic mass is 9.95. The Hall–Kier alpha value is -1.49. The van der Waals surface area contributed by atoms with E-state index in [0.717, 1.165) is 18.4 Å². The van der Waals surface area contributed by atoms with Crippen molar-refractivity contribution in [1.29, 1.82) is 0 Å². The Morgan fingerprint density at radius 2 is 1.80 bits per heavy atom. The van der Waals surface area contributed by atoms with Crippen molar-refractivity contribution in [2.45, 2.75) is 63.4 Å². The largest absolute Gasteiger partial charge is 0.352 e. The Kier molecular flexibility index (Phi) is 6.05. The van der Waals surface area contributed by atoms with Crippen LogP contribution in [0.4, 0.5) is 0 Å². The first-order valence-electron chi connectivity index (χ1n) is 9.37. The number of hydrogen-bond donors (Lipinski definition) is 1. The second-order valence-corrected chi connectivity index (χ2v) is 8.47. The first-order valence-corrected chi connectivity index (χ1v) is 10.4. The van der Waals surface area contributed by atoms with Gasteiger partial charge in [0, 0.05) is 17.7 Å². The summed E-state index contributed by atoms with van der Waals surface area (Å²) >= 11 is 1.69. The summed E-state index contributed by atoms with van der Waals surface area (Å²) < 4.78 is 0. The maximum absolute atomic E-state index is 12.9. The van der Waals surface area contributed by atoms with E-state index in [2.05, 4.69) is 5.32 Å². The molecule has 5 heteroatoms. The number of rotatable bonds is 4. The molecule has 2 aliphatic rings. The Balaban J connectivity index is 1.77. The molecule has 2 unspecified atom stereocenters. The molecular formula is C20H28N2O2S. The third-order valence-corrected chi connectivity index (χ3v) is 6.41. The molecule has 4 nitrogen and oxygen atoms in total. The number of carbonyl (C=O) groups excluding carboxylic acids is 2. The summed E-state index contributed by atoms with van der Waals surface area (Å²) in [7, 11) is 0. The normalized spacial score (nSPS) is 24.5. The molecule has 1 aromatic carbocycles. The predicted octanol–water partition coefficient (Wildman–Crippen LogP) is 3.73. The lowest BCUT2D eigenvalue weighted by molar-refractivity contribution is -0.142. The van der Waals surface area contributed by atoms with Crippen molar-refractivity contribution in [3.05, 3.63) is 35.9 Å². The summed E-state index contributed by atoms with van der Waals surface area (Å²) in [6.45, 7) is 3.81. The highest BCUT2D eigenvalue weighted by Crippen LogP contribution is 2.42. The molecule has 2 amide bonds. The van der Waals surface area contributed by atoms with E-state index in [1.807, 2.05) is 49.1 Å². The highest BCUT2D eigenvalue weighted by molar-refractivity contribution is 7.99. The zero-order valence-corrected chi connectivity index (χ0v) is 15.9. The minimum Gasteiger partial charge on any atom is -0.352 e. The third-order valence-electron chi connectivity index (χ3n) is 5.09. The number of amides is 2. The number of nitrogens with zero attached hydrogens (tertiary/aromatic N) is 1. The average Bonchev–Trinajstić information content (AvgIpc) is 3.07. The van der Waals surface area contributed by atoms with Gasteiger partial charge >= 0.3 is 0 Å². The van der Waals surface area contributed by atoms with E-state index >= 15 is 0 Å². The van der Waals surface area contributed by atoms with Crippen molar-refractivity contribution < 1.29 is 9.59 Å². The Morgan fingerprint density at radius 3 is 2.44 bits per heavy atom. The monoisotopic (exact) mass is 360 g/mol. The summed E-state index contributed by atoms with van der Waals surface area (Å²) in [6.07, 6.45) is 5.76. The standard InChI is InChI=1S/C20H28N2O2S/c1-14(2)19(24)22-17(18(23)21-16-11-7-4-8-12-16)13-25-20(22)15-9-5-3-6-10-15/h3,5-6,9-10,14,16-17,20H,4,7-8,11-13H2,1-2H3,(H,21,23). The van der Waals surface area contributed by atoms with Crippen LogP contribution in [0.2, 0.25) is 0 Å². The molecule has 2 atom stereocenters. The first-order chi connectivity index (χ1) is 12.1. The maximum atomic E-state index is 12.9. The van der Waals surface area contributed by atoms with Crippen LogP contribution in [0.25, 0.3) is 0 Å². The zero-order chi connectivity index (χ0) is 17.8. The van der Waals surface area contributed by atoms with Gasteiger partial charge in [-0.3, -0.25) is 9.59 Å². The molecule has 2 fully saturated rings. The van der Waals surface area contributed by atoms with Gasteiger partial charge < -0.3 is 10.2 Å². The molecule has 0 bridgehead atoms. The topological polar surface area (TPSA) is 49.4 Å². The van der Waals surface area contributed by atoms with Crippen molar-refractivity contribution in [1.82, 2.24) is 10.2 Å². The van der Waals surface area contributed by atoms with Crippen LogP contribution in [-0.4, -0.2) is 34.6 Å². The van der Waals surface area contributed by atoms with Gasteiger partial charge in [-0.2, -0.15) is 0 Å². The molecule has 1 aliphatic carbocycles. The maximum Gasteiger partial charge on any atom is 0.243 e. The third kappa shape index (κ3) is 4.20. The van der Waals surface area contributed by atoms with Crippen LogP contribution in [0.3, 0.4) is 0 Å². The van der Waals surface area contributed by atoms with Crippen LogP contribution in [0.1, 0.15) is 56.9 Å². The van der Waals surface area contributed by atoms with Crippen LogP contribution in [0.5, 0.6) is 0 Å². The Morgan fingerprint density at radius 1 is 1.12 bits per heavy atom. The van der Waals surface area contributed by atoms with Crippen molar-refractivity contribution in [2.24, 2.45) is 5.92 Å². The number of hydrogen-bond acceptors (Lipinski definition) is 3. The van der Waals surface area contributed by atoms with Crippen molar-refractivity contribution >= 4 is 23.6 Å². The van der Waals surface area contributed by atoms with Crippen LogP contribution in [0, 0.1) is 5.92 Å². The summed E-state index contributed by atoms with van der Waals surface area (Å²) in [5.41, 5.74) is 1.09. The fourth-order valence-electron chi connectivity index (χ4n) is 3.69. The molecule has 1 saturated carbocycles. The van der Waals surface area contributed by atoms with Crippen LogP contribution < -0.4 is 5.32 Å². The van der Waals surface area contributed by atoms with Crippen LogP contribution in [0.15, 0.2) is 30.3 Å². The number of carbonyl (C=O) groups is 2. The number of thioether (sulfide) groups is 1. The number of benzene rings is 1.